The third-order valence-electron chi connectivity index (χ3n) is 3.15. The van der Waals surface area contributed by atoms with Crippen LogP contribution in [-0.2, 0) is 4.79 Å². The zero-order valence-electron chi connectivity index (χ0n) is 11.3. The quantitative estimate of drug-likeness (QED) is 0.930. The van der Waals surface area contributed by atoms with E-state index in [0.29, 0.717) is 12.2 Å². The molecule has 0 saturated carbocycles. The Labute approximate surface area is 117 Å². The van der Waals surface area contributed by atoms with E-state index < -0.39 is 6.04 Å². The van der Waals surface area contributed by atoms with Gasteiger partial charge < -0.3 is 10.6 Å². The molecular weight excluding hydrogens is 255 g/mol. The zero-order chi connectivity index (χ0) is 14.5. The van der Waals surface area contributed by atoms with E-state index in [-0.39, 0.29) is 11.7 Å². The summed E-state index contributed by atoms with van der Waals surface area (Å²) in [6.45, 7) is 2.34. The lowest BCUT2D eigenvalue weighted by Crippen LogP contribution is -2.38. The van der Waals surface area contributed by atoms with Gasteiger partial charge in [-0.05, 0) is 36.8 Å². The number of benzene rings is 2. The largest absolute Gasteiger partial charge is 0.316 e. The average Bonchev–Trinajstić information content (AvgIpc) is 2.50. The highest BCUT2D eigenvalue weighted by Crippen LogP contribution is 2.20. The molecule has 2 aromatic rings. The van der Waals surface area contributed by atoms with Crippen molar-refractivity contribution < 1.29 is 9.18 Å². The average molecular weight is 272 g/mol. The number of anilines is 1. The molecule has 0 fully saturated rings. The fourth-order valence-electron chi connectivity index (χ4n) is 2.06. The van der Waals surface area contributed by atoms with Crippen molar-refractivity contribution in [3.63, 3.8) is 0 Å². The number of carbonyl (C=O) groups excluding carboxylic acids is 1. The van der Waals surface area contributed by atoms with Crippen molar-refractivity contribution in [2.45, 2.75) is 13.0 Å². The predicted molar refractivity (Wildman–Crippen MR) is 77.8 cm³/mol. The van der Waals surface area contributed by atoms with Crippen LogP contribution in [0.3, 0.4) is 0 Å². The number of likely N-dealkylation sites (N-methyl/N-ethyl adjacent to an activating group) is 1. The van der Waals surface area contributed by atoms with Gasteiger partial charge in [-0.1, -0.05) is 30.3 Å². The molecule has 0 radical (unpaired) electrons. The molecule has 2 rings (SSSR count). The molecule has 0 aliphatic heterocycles. The van der Waals surface area contributed by atoms with Gasteiger partial charge in [0.1, 0.15) is 11.9 Å². The third-order valence-corrected chi connectivity index (χ3v) is 3.15. The Hall–Kier alpha value is -2.20. The third kappa shape index (κ3) is 3.03. The van der Waals surface area contributed by atoms with Crippen LogP contribution in [0.2, 0.25) is 0 Å². The number of hydrogen-bond acceptors (Lipinski definition) is 2. The highest BCUT2D eigenvalue weighted by Gasteiger charge is 2.22. The minimum Gasteiger partial charge on any atom is -0.316 e. The molecule has 0 aliphatic rings. The number of nitrogens with zero attached hydrogens (tertiary/aromatic N) is 1. The molecule has 0 bridgehead atoms. The molecule has 0 spiro atoms. The highest BCUT2D eigenvalue weighted by atomic mass is 19.1. The maximum atomic E-state index is 13.0. The molecule has 0 heterocycles. The molecule has 0 aliphatic carbocycles. The molecule has 4 heteroatoms. The Balaban J connectivity index is 2.23. The van der Waals surface area contributed by atoms with Gasteiger partial charge in [-0.15, -0.1) is 0 Å². The van der Waals surface area contributed by atoms with Crippen LogP contribution in [0.25, 0.3) is 0 Å². The van der Waals surface area contributed by atoms with Crippen LogP contribution in [-0.4, -0.2) is 12.5 Å². The summed E-state index contributed by atoms with van der Waals surface area (Å²) < 4.78 is 13.0. The van der Waals surface area contributed by atoms with Gasteiger partial charge in [-0.2, -0.15) is 0 Å². The van der Waals surface area contributed by atoms with Crippen molar-refractivity contribution >= 4 is 11.6 Å². The summed E-state index contributed by atoms with van der Waals surface area (Å²) >= 11 is 0. The topological polar surface area (TPSA) is 46.3 Å². The SMILES string of the molecule is CCN(C(=O)[C@@H](N)c1ccccc1)c1ccc(F)cc1. The lowest BCUT2D eigenvalue weighted by atomic mass is 10.1. The first-order valence-corrected chi connectivity index (χ1v) is 6.51. The van der Waals surface area contributed by atoms with Gasteiger partial charge in [0.15, 0.2) is 0 Å². The van der Waals surface area contributed by atoms with E-state index in [4.69, 9.17) is 5.73 Å². The number of hydrogen-bond donors (Lipinski definition) is 1. The Morgan fingerprint density at radius 2 is 1.75 bits per heavy atom. The van der Waals surface area contributed by atoms with Gasteiger partial charge >= 0.3 is 0 Å². The maximum absolute atomic E-state index is 13.0. The standard InChI is InChI=1S/C16H17FN2O/c1-2-19(14-10-8-13(17)9-11-14)16(20)15(18)12-6-4-3-5-7-12/h3-11,15H,2,18H2,1H3/t15-/m0/s1. The first-order chi connectivity index (χ1) is 9.63. The van der Waals surface area contributed by atoms with Crippen LogP contribution in [0, 0.1) is 5.82 Å². The number of nitrogens with two attached hydrogens (primary N) is 1. The molecule has 20 heavy (non-hydrogen) atoms. The van der Waals surface area contributed by atoms with Crippen molar-refractivity contribution in [2.24, 2.45) is 5.73 Å². The smallest absolute Gasteiger partial charge is 0.248 e. The van der Waals surface area contributed by atoms with Gasteiger partial charge in [0.25, 0.3) is 0 Å². The molecule has 0 saturated heterocycles. The molecule has 2 N–H and O–H groups in total. The first kappa shape index (κ1) is 14.2. The molecule has 0 aromatic heterocycles. The molecule has 2 aromatic carbocycles. The number of amides is 1. The van der Waals surface area contributed by atoms with Gasteiger partial charge in [-0.25, -0.2) is 4.39 Å². The normalized spacial score (nSPS) is 11.9. The molecule has 0 unspecified atom stereocenters. The van der Waals surface area contributed by atoms with Crippen LogP contribution < -0.4 is 10.6 Å². The van der Waals surface area contributed by atoms with E-state index >= 15 is 0 Å². The van der Waals surface area contributed by atoms with E-state index in [1.165, 1.54) is 12.1 Å². The molecular formula is C16H17FN2O. The maximum Gasteiger partial charge on any atom is 0.248 e. The number of halogens is 1. The van der Waals surface area contributed by atoms with Crippen molar-refractivity contribution in [3.05, 3.63) is 66.0 Å². The monoisotopic (exact) mass is 272 g/mol. The van der Waals surface area contributed by atoms with Crippen LogP contribution in [0.1, 0.15) is 18.5 Å². The predicted octanol–water partition coefficient (Wildman–Crippen LogP) is 2.88. The van der Waals surface area contributed by atoms with E-state index in [0.717, 1.165) is 5.56 Å². The van der Waals surface area contributed by atoms with E-state index in [2.05, 4.69) is 0 Å². The number of rotatable bonds is 4. The summed E-state index contributed by atoms with van der Waals surface area (Å²) in [6, 6.07) is 14.3. The lowest BCUT2D eigenvalue weighted by Gasteiger charge is -2.24. The molecule has 3 nitrogen and oxygen atoms in total. The molecule has 1 atom stereocenters. The van der Waals surface area contributed by atoms with Crippen LogP contribution in [0.15, 0.2) is 54.6 Å². The van der Waals surface area contributed by atoms with Crippen LogP contribution >= 0.6 is 0 Å². The van der Waals surface area contributed by atoms with E-state index in [9.17, 15) is 9.18 Å². The minimum absolute atomic E-state index is 0.203. The molecule has 104 valence electrons. The summed E-state index contributed by atoms with van der Waals surface area (Å²) in [5.41, 5.74) is 7.42. The lowest BCUT2D eigenvalue weighted by molar-refractivity contribution is -0.119. The summed E-state index contributed by atoms with van der Waals surface area (Å²) in [5.74, 6) is -0.532. The van der Waals surface area contributed by atoms with Crippen LogP contribution in [0.4, 0.5) is 10.1 Å². The van der Waals surface area contributed by atoms with E-state index in [1.54, 1.807) is 17.0 Å². The van der Waals surface area contributed by atoms with Crippen molar-refractivity contribution in [2.75, 3.05) is 11.4 Å². The second-order valence-corrected chi connectivity index (χ2v) is 4.45. The fourth-order valence-corrected chi connectivity index (χ4v) is 2.06. The highest BCUT2D eigenvalue weighted by molar-refractivity contribution is 5.97. The van der Waals surface area contributed by atoms with Crippen molar-refractivity contribution in [3.8, 4) is 0 Å². The Morgan fingerprint density at radius 1 is 1.15 bits per heavy atom. The second-order valence-electron chi connectivity index (χ2n) is 4.45. The summed E-state index contributed by atoms with van der Waals surface area (Å²) in [7, 11) is 0. The van der Waals surface area contributed by atoms with Crippen molar-refractivity contribution in [1.82, 2.24) is 0 Å². The summed E-state index contributed by atoms with van der Waals surface area (Å²) in [5, 5.41) is 0. The second kappa shape index (κ2) is 6.30. The number of carbonyl (C=O) groups is 1. The van der Waals surface area contributed by atoms with Crippen LogP contribution in [0.5, 0.6) is 0 Å². The Morgan fingerprint density at radius 3 is 2.30 bits per heavy atom. The van der Waals surface area contributed by atoms with Gasteiger partial charge in [0.2, 0.25) is 5.91 Å². The minimum atomic E-state index is -0.721. The zero-order valence-corrected chi connectivity index (χ0v) is 11.3. The summed E-state index contributed by atoms with van der Waals surface area (Å²) in [4.78, 5) is 14.0. The Bertz CT molecular complexity index is 569. The van der Waals surface area contributed by atoms with Crippen molar-refractivity contribution in [1.29, 1.82) is 0 Å². The fraction of sp³-hybridized carbons (Fsp3) is 0.188. The van der Waals surface area contributed by atoms with Gasteiger partial charge in [0.05, 0.1) is 0 Å². The van der Waals surface area contributed by atoms with Gasteiger partial charge in [-0.3, -0.25) is 4.79 Å². The summed E-state index contributed by atoms with van der Waals surface area (Å²) in [6.07, 6.45) is 0. The molecule has 1 amide bonds. The van der Waals surface area contributed by atoms with E-state index in [1.807, 2.05) is 37.3 Å². The van der Waals surface area contributed by atoms with Gasteiger partial charge in [0, 0.05) is 12.2 Å². The first-order valence-electron chi connectivity index (χ1n) is 6.51. The Kier molecular flexibility index (Phi) is 4.48.